The van der Waals surface area contributed by atoms with Gasteiger partial charge in [-0.25, -0.2) is 5.43 Å². The lowest BCUT2D eigenvalue weighted by Gasteiger charge is -2.15. The summed E-state index contributed by atoms with van der Waals surface area (Å²) in [7, 11) is 0. The molecular weight excluding hydrogens is 408 g/mol. The van der Waals surface area contributed by atoms with E-state index in [1.807, 2.05) is 19.1 Å². The van der Waals surface area contributed by atoms with E-state index in [1.165, 1.54) is 25.7 Å². The van der Waals surface area contributed by atoms with Gasteiger partial charge in [-0.2, -0.15) is 5.10 Å². The summed E-state index contributed by atoms with van der Waals surface area (Å²) in [5.41, 5.74) is 5.06. The summed E-state index contributed by atoms with van der Waals surface area (Å²) in [5, 5.41) is 4.14. The molecule has 5 heteroatoms. The van der Waals surface area contributed by atoms with Crippen LogP contribution >= 0.6 is 31.9 Å². The maximum absolute atomic E-state index is 12.3. The van der Waals surface area contributed by atoms with Crippen LogP contribution in [0.25, 0.3) is 0 Å². The number of fused-ring (bicyclic) bond motifs is 1. The lowest BCUT2D eigenvalue weighted by Crippen LogP contribution is -2.22. The van der Waals surface area contributed by atoms with Crippen LogP contribution in [0.4, 0.5) is 0 Å². The first-order valence-electron chi connectivity index (χ1n) is 7.72. The Balaban J connectivity index is 1.62. The van der Waals surface area contributed by atoms with Gasteiger partial charge in [-0.05, 0) is 54.4 Å². The molecule has 3 rings (SSSR count). The van der Waals surface area contributed by atoms with E-state index in [0.717, 1.165) is 20.1 Å². The molecule has 0 saturated heterocycles. The molecule has 0 bridgehead atoms. The molecule has 2 saturated carbocycles. The Kier molecular flexibility index (Phi) is 4.47. The van der Waals surface area contributed by atoms with Crippen molar-refractivity contribution in [2.45, 2.75) is 39.5 Å². The highest BCUT2D eigenvalue weighted by molar-refractivity contribution is 9.11. The maximum Gasteiger partial charge on any atom is 0.244 e. The number of carbonyl (C=O) groups is 1. The Hall–Kier alpha value is -0.680. The molecule has 0 aromatic heterocycles. The number of hydrazone groups is 1. The van der Waals surface area contributed by atoms with E-state index in [0.29, 0.717) is 5.92 Å². The zero-order chi connectivity index (χ0) is 15.9. The van der Waals surface area contributed by atoms with Gasteiger partial charge in [0.1, 0.15) is 0 Å². The first-order chi connectivity index (χ1) is 10.4. The average Bonchev–Trinajstić information content (AvgIpc) is 3.10. The van der Waals surface area contributed by atoms with E-state index in [2.05, 4.69) is 49.3 Å². The van der Waals surface area contributed by atoms with Crippen molar-refractivity contribution >= 4 is 44.0 Å². The fourth-order valence-electron chi connectivity index (χ4n) is 3.83. The molecule has 1 N–H and O–H groups in total. The number of hydrogen-bond acceptors (Lipinski definition) is 2. The first-order valence-corrected chi connectivity index (χ1v) is 9.30. The average molecular weight is 428 g/mol. The summed E-state index contributed by atoms with van der Waals surface area (Å²) in [6.45, 7) is 4.28. The van der Waals surface area contributed by atoms with E-state index >= 15 is 0 Å². The highest BCUT2D eigenvalue weighted by Gasteiger charge is 2.64. The van der Waals surface area contributed by atoms with Crippen molar-refractivity contribution in [2.24, 2.45) is 22.4 Å². The molecule has 0 spiro atoms. The third kappa shape index (κ3) is 2.90. The number of nitrogens with zero attached hydrogens (tertiary/aromatic N) is 1. The number of halogens is 2. The molecule has 3 atom stereocenters. The van der Waals surface area contributed by atoms with Gasteiger partial charge in [0, 0.05) is 14.9 Å². The number of amides is 1. The summed E-state index contributed by atoms with van der Waals surface area (Å²) in [5.74, 6) is 0.804. The minimum Gasteiger partial charge on any atom is -0.273 e. The topological polar surface area (TPSA) is 41.5 Å². The van der Waals surface area contributed by atoms with Gasteiger partial charge in [0.25, 0.3) is 0 Å². The molecule has 0 heterocycles. The number of carbonyl (C=O) groups excluding carboxylic acids is 1. The molecule has 3 nitrogen and oxygen atoms in total. The quantitative estimate of drug-likeness (QED) is 0.546. The van der Waals surface area contributed by atoms with Crippen LogP contribution in [0.1, 0.15) is 43.7 Å². The van der Waals surface area contributed by atoms with E-state index in [1.54, 1.807) is 6.21 Å². The van der Waals surface area contributed by atoms with Gasteiger partial charge < -0.3 is 0 Å². The van der Waals surface area contributed by atoms with E-state index < -0.39 is 0 Å². The SMILES string of the molecule is Cc1c(Br)cc(/C=N\NC(=O)[C@@H]2[C@@H]3CCCC[C@]23C)cc1Br. The molecular formula is C17H20Br2N2O. The molecule has 118 valence electrons. The van der Waals surface area contributed by atoms with E-state index in [4.69, 9.17) is 0 Å². The van der Waals surface area contributed by atoms with Crippen LogP contribution in [0.3, 0.4) is 0 Å². The fraction of sp³-hybridized carbons (Fsp3) is 0.529. The normalized spacial score (nSPS) is 30.2. The summed E-state index contributed by atoms with van der Waals surface area (Å²) < 4.78 is 2.05. The lowest BCUT2D eigenvalue weighted by molar-refractivity contribution is -0.123. The third-order valence-corrected chi connectivity index (χ3v) is 6.95. The Morgan fingerprint density at radius 1 is 1.36 bits per heavy atom. The van der Waals surface area contributed by atoms with Crippen molar-refractivity contribution in [2.75, 3.05) is 0 Å². The van der Waals surface area contributed by atoms with Gasteiger partial charge in [-0.15, -0.1) is 0 Å². The second-order valence-electron chi connectivity index (χ2n) is 6.68. The van der Waals surface area contributed by atoms with Crippen molar-refractivity contribution in [1.29, 1.82) is 0 Å². The van der Waals surface area contributed by atoms with Gasteiger partial charge >= 0.3 is 0 Å². The predicted octanol–water partition coefficient (Wildman–Crippen LogP) is 4.80. The van der Waals surface area contributed by atoms with Gasteiger partial charge in [0.05, 0.1) is 6.21 Å². The Bertz CT molecular complexity index is 621. The number of benzene rings is 1. The standard InChI is InChI=1S/C17H20Br2N2O/c1-10-13(18)7-11(8-14(10)19)9-20-21-16(22)15-12-5-3-4-6-17(12,15)2/h7-9,12,15H,3-6H2,1-2H3,(H,21,22)/b20-9-/t12-,15-,17-/m0/s1. The van der Waals surface area contributed by atoms with Crippen LogP contribution in [0.15, 0.2) is 26.2 Å². The highest BCUT2D eigenvalue weighted by Crippen LogP contribution is 2.66. The molecule has 1 aromatic carbocycles. The number of rotatable bonds is 3. The zero-order valence-corrected chi connectivity index (χ0v) is 16.0. The number of nitrogens with one attached hydrogen (secondary N) is 1. The fourth-order valence-corrected chi connectivity index (χ4v) is 5.05. The second-order valence-corrected chi connectivity index (χ2v) is 8.39. The summed E-state index contributed by atoms with van der Waals surface area (Å²) in [6, 6.07) is 3.99. The Morgan fingerprint density at radius 3 is 2.64 bits per heavy atom. The van der Waals surface area contributed by atoms with Gasteiger partial charge in [0.2, 0.25) is 5.91 Å². The summed E-state index contributed by atoms with van der Waals surface area (Å²) in [6.07, 6.45) is 6.58. The van der Waals surface area contributed by atoms with Gasteiger partial charge in [-0.3, -0.25) is 4.79 Å². The smallest absolute Gasteiger partial charge is 0.244 e. The van der Waals surface area contributed by atoms with Gasteiger partial charge in [-0.1, -0.05) is 51.6 Å². The van der Waals surface area contributed by atoms with E-state index in [-0.39, 0.29) is 17.2 Å². The predicted molar refractivity (Wildman–Crippen MR) is 95.9 cm³/mol. The van der Waals surface area contributed by atoms with Crippen molar-refractivity contribution in [1.82, 2.24) is 5.43 Å². The maximum atomic E-state index is 12.3. The largest absolute Gasteiger partial charge is 0.273 e. The molecule has 2 fully saturated rings. The van der Waals surface area contributed by atoms with Crippen LogP contribution in [-0.2, 0) is 4.79 Å². The zero-order valence-electron chi connectivity index (χ0n) is 12.8. The molecule has 0 radical (unpaired) electrons. The molecule has 0 unspecified atom stereocenters. The molecule has 1 aromatic rings. The lowest BCUT2D eigenvalue weighted by atomic mass is 9.90. The molecule has 0 aliphatic heterocycles. The number of hydrogen-bond donors (Lipinski definition) is 1. The first kappa shape index (κ1) is 16.2. The Morgan fingerprint density at radius 2 is 2.05 bits per heavy atom. The second kappa shape index (κ2) is 6.08. The van der Waals surface area contributed by atoms with Crippen molar-refractivity contribution in [3.05, 3.63) is 32.2 Å². The van der Waals surface area contributed by atoms with Crippen LogP contribution in [0, 0.1) is 24.2 Å². The Labute approximate surface area is 148 Å². The molecule has 1 amide bonds. The summed E-state index contributed by atoms with van der Waals surface area (Å²) >= 11 is 7.04. The van der Waals surface area contributed by atoms with Crippen LogP contribution in [-0.4, -0.2) is 12.1 Å². The van der Waals surface area contributed by atoms with Crippen LogP contribution in [0.2, 0.25) is 0 Å². The molecule has 2 aliphatic rings. The minimum atomic E-state index is 0.0795. The monoisotopic (exact) mass is 426 g/mol. The third-order valence-electron chi connectivity index (χ3n) is 5.31. The van der Waals surface area contributed by atoms with E-state index in [9.17, 15) is 4.79 Å². The summed E-state index contributed by atoms with van der Waals surface area (Å²) in [4.78, 5) is 12.3. The highest BCUT2D eigenvalue weighted by atomic mass is 79.9. The van der Waals surface area contributed by atoms with Crippen molar-refractivity contribution in [3.8, 4) is 0 Å². The van der Waals surface area contributed by atoms with Crippen LogP contribution in [0.5, 0.6) is 0 Å². The van der Waals surface area contributed by atoms with Crippen molar-refractivity contribution < 1.29 is 4.79 Å². The van der Waals surface area contributed by atoms with Crippen LogP contribution < -0.4 is 5.43 Å². The van der Waals surface area contributed by atoms with Gasteiger partial charge in [0.15, 0.2) is 0 Å². The minimum absolute atomic E-state index is 0.0795. The van der Waals surface area contributed by atoms with Crippen molar-refractivity contribution in [3.63, 3.8) is 0 Å². The molecule has 2 aliphatic carbocycles. The molecule has 22 heavy (non-hydrogen) atoms.